The summed E-state index contributed by atoms with van der Waals surface area (Å²) in [6.45, 7) is 3.23. The molecule has 0 aliphatic heterocycles. The first-order chi connectivity index (χ1) is 16.8. The lowest BCUT2D eigenvalue weighted by Gasteiger charge is -2.54. The van der Waals surface area contributed by atoms with Gasteiger partial charge in [0.25, 0.3) is 5.91 Å². The quantitative estimate of drug-likeness (QED) is 0.289. The van der Waals surface area contributed by atoms with Gasteiger partial charge in [0.15, 0.2) is 11.4 Å². The number of Topliss-reactive ketones (excluding diaryl/α,β-unsaturated/α-hetero) is 2. The Morgan fingerprint density at radius 1 is 1.17 bits per heavy atom. The van der Waals surface area contributed by atoms with Crippen molar-refractivity contribution in [1.82, 2.24) is 4.90 Å². The van der Waals surface area contributed by atoms with Gasteiger partial charge in [0.2, 0.25) is 5.78 Å². The molecule has 0 spiro atoms. The number of amides is 1. The van der Waals surface area contributed by atoms with Crippen molar-refractivity contribution < 1.29 is 44.3 Å². The van der Waals surface area contributed by atoms with Crippen LogP contribution in [-0.4, -0.2) is 80.6 Å². The summed E-state index contributed by atoms with van der Waals surface area (Å²) >= 11 is 0. The molecule has 1 aromatic rings. The molecule has 0 fully saturated rings. The van der Waals surface area contributed by atoms with E-state index in [-0.39, 0.29) is 17.7 Å². The molecule has 3 aliphatic rings. The highest BCUT2D eigenvalue weighted by Gasteiger charge is 2.68. The average molecular weight is 501 g/mol. The Balaban J connectivity index is 2.11. The SMILES string of the molecule is CCC(=O)O[C@@H]1[C@@H]2C(=C(O)[C@@]3(O)C(=O)C(C(N)=O)=C(O)[C@@H](N(C)C)[C@@H]13)C(=O)c1c(O)cccc1[C@H]2C. The summed E-state index contributed by atoms with van der Waals surface area (Å²) in [4.78, 5) is 53.2. The zero-order valence-corrected chi connectivity index (χ0v) is 20.2. The molecule has 36 heavy (non-hydrogen) atoms. The molecule has 1 amide bonds. The third kappa shape index (κ3) is 3.19. The first kappa shape index (κ1) is 25.4. The van der Waals surface area contributed by atoms with Crippen molar-refractivity contribution in [2.75, 3.05) is 14.1 Å². The van der Waals surface area contributed by atoms with Gasteiger partial charge in [-0.2, -0.15) is 0 Å². The van der Waals surface area contributed by atoms with E-state index in [1.165, 1.54) is 32.0 Å². The topological polar surface area (TPSA) is 188 Å². The van der Waals surface area contributed by atoms with Crippen LogP contribution in [0.25, 0.3) is 0 Å². The molecule has 0 saturated heterocycles. The van der Waals surface area contributed by atoms with Crippen LogP contribution in [0, 0.1) is 11.8 Å². The largest absolute Gasteiger partial charge is 0.510 e. The van der Waals surface area contributed by atoms with Crippen LogP contribution >= 0.6 is 0 Å². The summed E-state index contributed by atoms with van der Waals surface area (Å²) in [6, 6.07) is 3.14. The molecule has 0 heterocycles. The highest BCUT2D eigenvalue weighted by atomic mass is 16.5. The number of carbonyl (C=O) groups is 4. The molecule has 0 radical (unpaired) electrons. The lowest BCUT2D eigenvalue weighted by Crippen LogP contribution is -2.69. The van der Waals surface area contributed by atoms with Crippen molar-refractivity contribution >= 4 is 23.4 Å². The van der Waals surface area contributed by atoms with Crippen molar-refractivity contribution in [3.05, 3.63) is 52.0 Å². The molecule has 4 rings (SSSR count). The number of esters is 1. The zero-order valence-electron chi connectivity index (χ0n) is 20.2. The van der Waals surface area contributed by atoms with E-state index in [1.807, 2.05) is 0 Å². The first-order valence-electron chi connectivity index (χ1n) is 11.5. The third-order valence-corrected chi connectivity index (χ3v) is 7.52. The highest BCUT2D eigenvalue weighted by molar-refractivity contribution is 6.25. The molecule has 192 valence electrons. The number of aromatic hydroxyl groups is 1. The molecule has 0 bridgehead atoms. The summed E-state index contributed by atoms with van der Waals surface area (Å²) in [5.41, 5.74) is 1.36. The van der Waals surface area contributed by atoms with Gasteiger partial charge < -0.3 is 30.9 Å². The summed E-state index contributed by atoms with van der Waals surface area (Å²) in [7, 11) is 2.99. The summed E-state index contributed by atoms with van der Waals surface area (Å²) in [5, 5.41) is 44.7. The maximum Gasteiger partial charge on any atom is 0.305 e. The smallest absolute Gasteiger partial charge is 0.305 e. The van der Waals surface area contributed by atoms with Crippen LogP contribution in [-0.2, 0) is 19.1 Å². The van der Waals surface area contributed by atoms with Crippen molar-refractivity contribution in [2.24, 2.45) is 17.6 Å². The fourth-order valence-electron chi connectivity index (χ4n) is 5.93. The Kier molecular flexibility index (Phi) is 5.96. The van der Waals surface area contributed by atoms with Crippen LogP contribution in [0.4, 0.5) is 0 Å². The van der Waals surface area contributed by atoms with Gasteiger partial charge in [-0.05, 0) is 31.6 Å². The van der Waals surface area contributed by atoms with Crippen LogP contribution in [0.5, 0.6) is 5.75 Å². The van der Waals surface area contributed by atoms with Gasteiger partial charge in [-0.25, -0.2) is 0 Å². The summed E-state index contributed by atoms with van der Waals surface area (Å²) in [5.74, 6) is -9.67. The average Bonchev–Trinajstić information content (AvgIpc) is 2.80. The molecule has 11 nitrogen and oxygen atoms in total. The van der Waals surface area contributed by atoms with Gasteiger partial charge in [-0.15, -0.1) is 0 Å². The van der Waals surface area contributed by atoms with Gasteiger partial charge in [0, 0.05) is 17.9 Å². The maximum absolute atomic E-state index is 13.6. The van der Waals surface area contributed by atoms with E-state index in [4.69, 9.17) is 10.5 Å². The van der Waals surface area contributed by atoms with E-state index >= 15 is 0 Å². The van der Waals surface area contributed by atoms with E-state index in [2.05, 4.69) is 0 Å². The first-order valence-corrected chi connectivity index (χ1v) is 11.5. The Hall–Kier alpha value is -3.70. The number of ether oxygens (including phenoxy) is 1. The van der Waals surface area contributed by atoms with Crippen LogP contribution in [0.2, 0.25) is 0 Å². The number of hydrogen-bond donors (Lipinski definition) is 5. The minimum atomic E-state index is -2.94. The van der Waals surface area contributed by atoms with Gasteiger partial charge in [0.05, 0.1) is 17.5 Å². The minimum absolute atomic E-state index is 0.0754. The number of nitrogens with two attached hydrogens (primary N) is 1. The van der Waals surface area contributed by atoms with Crippen molar-refractivity contribution in [3.63, 3.8) is 0 Å². The molecule has 0 unspecified atom stereocenters. The van der Waals surface area contributed by atoms with E-state index in [0.29, 0.717) is 5.56 Å². The number of primary amides is 1. The standard InChI is InChI=1S/C25H28N2O9/c1-5-12(29)36-21-13-9(2)10-7-6-8-11(28)14(10)19(30)15(13)22(32)25(35)17(21)18(27(3)4)20(31)16(23(25)33)24(26)34/h6-9,13,17-18,21,28,31-32,35H,5H2,1-4H3,(H2,26,34)/t9-,13+,17+,18+,21-,25-/m1/s1. The molecule has 0 aromatic heterocycles. The van der Waals surface area contributed by atoms with Crippen molar-refractivity contribution in [3.8, 4) is 5.75 Å². The predicted octanol–water partition coefficient (Wildman–Crippen LogP) is 0.613. The number of nitrogens with zero attached hydrogens (tertiary/aromatic N) is 1. The summed E-state index contributed by atoms with van der Waals surface area (Å²) in [6.07, 6.45) is -1.47. The number of aliphatic hydroxyl groups excluding tert-OH is 2. The van der Waals surface area contributed by atoms with E-state index in [0.717, 1.165) is 0 Å². The molecular weight excluding hydrogens is 472 g/mol. The van der Waals surface area contributed by atoms with Crippen LogP contribution in [0.15, 0.2) is 40.9 Å². The number of carbonyl (C=O) groups excluding carboxylic acids is 4. The number of phenols is 1. The molecule has 11 heteroatoms. The Morgan fingerprint density at radius 2 is 1.81 bits per heavy atom. The second-order valence-electron chi connectivity index (χ2n) is 9.61. The molecule has 1 aromatic carbocycles. The third-order valence-electron chi connectivity index (χ3n) is 7.52. The molecule has 6 N–H and O–H groups in total. The highest BCUT2D eigenvalue weighted by Crippen LogP contribution is 2.56. The number of hydrogen-bond acceptors (Lipinski definition) is 10. The van der Waals surface area contributed by atoms with Gasteiger partial charge in [-0.1, -0.05) is 26.0 Å². The lowest BCUT2D eigenvalue weighted by atomic mass is 9.55. The maximum atomic E-state index is 13.6. The minimum Gasteiger partial charge on any atom is -0.510 e. The molecular formula is C25H28N2O9. The van der Waals surface area contributed by atoms with Crippen LogP contribution in [0.3, 0.4) is 0 Å². The normalized spacial score (nSPS) is 31.7. The number of likely N-dealkylation sites (N-methyl/N-ethyl adjacent to an activating group) is 1. The lowest BCUT2D eigenvalue weighted by molar-refractivity contribution is -0.180. The van der Waals surface area contributed by atoms with E-state index in [1.54, 1.807) is 19.1 Å². The number of ketones is 2. The number of aliphatic hydroxyl groups is 3. The Bertz CT molecular complexity index is 1260. The Labute approximate surface area is 206 Å². The van der Waals surface area contributed by atoms with Crippen molar-refractivity contribution in [1.29, 1.82) is 0 Å². The molecule has 0 saturated carbocycles. The van der Waals surface area contributed by atoms with Crippen LogP contribution < -0.4 is 5.73 Å². The van der Waals surface area contributed by atoms with E-state index < -0.39 is 81.6 Å². The Morgan fingerprint density at radius 3 is 2.36 bits per heavy atom. The molecule has 6 atom stereocenters. The monoisotopic (exact) mass is 500 g/mol. The van der Waals surface area contributed by atoms with Gasteiger partial charge >= 0.3 is 5.97 Å². The fourth-order valence-corrected chi connectivity index (χ4v) is 5.93. The second kappa shape index (κ2) is 8.45. The molecule has 3 aliphatic carbocycles. The number of benzene rings is 1. The van der Waals surface area contributed by atoms with Crippen LogP contribution in [0.1, 0.15) is 42.1 Å². The van der Waals surface area contributed by atoms with E-state index in [9.17, 15) is 39.6 Å². The predicted molar refractivity (Wildman–Crippen MR) is 124 cm³/mol. The fraction of sp³-hybridized carbons (Fsp3) is 0.440. The van der Waals surface area contributed by atoms with Gasteiger partial charge in [0.1, 0.15) is 28.9 Å². The zero-order chi connectivity index (χ0) is 26.9. The number of fused-ring (bicyclic) bond motifs is 3. The van der Waals surface area contributed by atoms with Crippen molar-refractivity contribution in [2.45, 2.75) is 43.9 Å². The summed E-state index contributed by atoms with van der Waals surface area (Å²) < 4.78 is 5.74. The number of rotatable bonds is 4. The number of phenolic OH excluding ortho intramolecular Hbond substituents is 1. The second-order valence-corrected chi connectivity index (χ2v) is 9.61. The van der Waals surface area contributed by atoms with Gasteiger partial charge in [-0.3, -0.25) is 24.1 Å².